The van der Waals surface area contributed by atoms with E-state index in [-0.39, 0.29) is 30.2 Å². The second-order valence-corrected chi connectivity index (χ2v) is 8.07. The van der Waals surface area contributed by atoms with Crippen molar-refractivity contribution in [3.63, 3.8) is 0 Å². The molecule has 4 rings (SSSR count). The smallest absolute Gasteiger partial charge is 0.341 e. The molecule has 0 N–H and O–H groups in total. The van der Waals surface area contributed by atoms with Crippen molar-refractivity contribution in [3.8, 4) is 0 Å². The van der Waals surface area contributed by atoms with Gasteiger partial charge in [-0.3, -0.25) is 14.3 Å². The van der Waals surface area contributed by atoms with Gasteiger partial charge in [0.2, 0.25) is 5.91 Å². The molecule has 2 aromatic rings. The van der Waals surface area contributed by atoms with Gasteiger partial charge in [-0.2, -0.15) is 18.3 Å². The number of rotatable bonds is 4. The molecule has 2 saturated heterocycles. The highest BCUT2D eigenvalue weighted by Crippen LogP contribution is 2.40. The fourth-order valence-corrected chi connectivity index (χ4v) is 4.11. The van der Waals surface area contributed by atoms with Crippen LogP contribution >= 0.6 is 0 Å². The first kappa shape index (κ1) is 20.4. The SMILES string of the molecule is O=C(CC(F)(F)F)N1CC2(CCN(C(=O)c3cnn(Cc4ccc(F)cc4)c3)C2)C1. The van der Waals surface area contributed by atoms with Crippen LogP contribution in [0.3, 0.4) is 0 Å². The summed E-state index contributed by atoms with van der Waals surface area (Å²) in [7, 11) is 0. The monoisotopic (exact) mass is 424 g/mol. The number of hydrogen-bond donors (Lipinski definition) is 0. The summed E-state index contributed by atoms with van der Waals surface area (Å²) in [5, 5.41) is 4.18. The van der Waals surface area contributed by atoms with E-state index in [1.165, 1.54) is 23.2 Å². The average molecular weight is 424 g/mol. The van der Waals surface area contributed by atoms with Crippen molar-refractivity contribution in [2.24, 2.45) is 5.41 Å². The van der Waals surface area contributed by atoms with E-state index in [0.717, 1.165) is 5.56 Å². The van der Waals surface area contributed by atoms with Gasteiger partial charge in [0, 0.05) is 37.8 Å². The quantitative estimate of drug-likeness (QED) is 0.710. The molecule has 1 aromatic carbocycles. The molecule has 0 saturated carbocycles. The maximum absolute atomic E-state index is 13.0. The standard InChI is InChI=1S/C20H20F4N4O2/c21-16-3-1-14(2-4-16)9-28-10-15(8-25-28)18(30)26-6-5-19(11-26)12-27(13-19)17(29)7-20(22,23)24/h1-4,8,10H,5-7,9,11-13H2. The third kappa shape index (κ3) is 4.31. The van der Waals surface area contributed by atoms with E-state index in [4.69, 9.17) is 0 Å². The fourth-order valence-electron chi connectivity index (χ4n) is 4.11. The van der Waals surface area contributed by atoms with E-state index in [2.05, 4.69) is 5.10 Å². The Balaban J connectivity index is 1.32. The molecule has 0 atom stereocenters. The van der Waals surface area contributed by atoms with Crippen molar-refractivity contribution >= 4 is 11.8 Å². The van der Waals surface area contributed by atoms with Crippen molar-refractivity contribution in [2.75, 3.05) is 26.2 Å². The first-order valence-corrected chi connectivity index (χ1v) is 9.53. The maximum atomic E-state index is 13.0. The second-order valence-electron chi connectivity index (χ2n) is 8.07. The summed E-state index contributed by atoms with van der Waals surface area (Å²) >= 11 is 0. The van der Waals surface area contributed by atoms with Gasteiger partial charge in [0.05, 0.1) is 18.3 Å². The molecule has 2 aliphatic heterocycles. The molecule has 1 aromatic heterocycles. The highest BCUT2D eigenvalue weighted by molar-refractivity contribution is 5.94. The molecule has 6 nitrogen and oxygen atoms in total. The van der Waals surface area contributed by atoms with Crippen LogP contribution < -0.4 is 0 Å². The van der Waals surface area contributed by atoms with Gasteiger partial charge in [-0.05, 0) is 24.1 Å². The molecule has 2 fully saturated rings. The van der Waals surface area contributed by atoms with Crippen LogP contribution in [-0.4, -0.2) is 63.7 Å². The van der Waals surface area contributed by atoms with Crippen LogP contribution in [0.1, 0.15) is 28.8 Å². The number of benzene rings is 1. The Morgan fingerprint density at radius 1 is 1.07 bits per heavy atom. The third-order valence-electron chi connectivity index (χ3n) is 5.62. The predicted molar refractivity (Wildman–Crippen MR) is 97.9 cm³/mol. The maximum Gasteiger partial charge on any atom is 0.397 e. The summed E-state index contributed by atoms with van der Waals surface area (Å²) in [6.07, 6.45) is -2.21. The summed E-state index contributed by atoms with van der Waals surface area (Å²) < 4.78 is 51.7. The van der Waals surface area contributed by atoms with Crippen LogP contribution in [0.4, 0.5) is 17.6 Å². The molecule has 0 bridgehead atoms. The number of aromatic nitrogens is 2. The minimum atomic E-state index is -4.51. The first-order valence-electron chi connectivity index (χ1n) is 9.53. The minimum Gasteiger partial charge on any atom is -0.341 e. The number of likely N-dealkylation sites (tertiary alicyclic amines) is 2. The zero-order valence-corrected chi connectivity index (χ0v) is 16.0. The molecular weight excluding hydrogens is 404 g/mol. The first-order chi connectivity index (χ1) is 14.1. The molecule has 0 unspecified atom stereocenters. The third-order valence-corrected chi connectivity index (χ3v) is 5.62. The van der Waals surface area contributed by atoms with Crippen molar-refractivity contribution in [3.05, 3.63) is 53.6 Å². The van der Waals surface area contributed by atoms with Gasteiger partial charge in [-0.1, -0.05) is 12.1 Å². The minimum absolute atomic E-state index is 0.197. The molecule has 2 amide bonds. The number of carbonyl (C=O) groups is 2. The normalized spacial score (nSPS) is 18.0. The molecule has 0 aliphatic carbocycles. The Morgan fingerprint density at radius 3 is 2.40 bits per heavy atom. The topological polar surface area (TPSA) is 58.4 Å². The van der Waals surface area contributed by atoms with Crippen LogP contribution in [0.5, 0.6) is 0 Å². The predicted octanol–water partition coefficient (Wildman–Crippen LogP) is 2.70. The van der Waals surface area contributed by atoms with Gasteiger partial charge in [0.1, 0.15) is 12.2 Å². The molecule has 30 heavy (non-hydrogen) atoms. The van der Waals surface area contributed by atoms with Gasteiger partial charge in [0.15, 0.2) is 0 Å². The number of carbonyl (C=O) groups excluding carboxylic acids is 2. The Hall–Kier alpha value is -2.91. The van der Waals surface area contributed by atoms with Gasteiger partial charge in [-0.25, -0.2) is 4.39 Å². The Kier molecular flexibility index (Phi) is 5.03. The highest BCUT2D eigenvalue weighted by atomic mass is 19.4. The number of halogens is 4. The van der Waals surface area contributed by atoms with E-state index in [1.54, 1.807) is 27.9 Å². The highest BCUT2D eigenvalue weighted by Gasteiger charge is 2.51. The van der Waals surface area contributed by atoms with Crippen molar-refractivity contribution in [2.45, 2.75) is 25.6 Å². The lowest BCUT2D eigenvalue weighted by Gasteiger charge is -2.48. The van der Waals surface area contributed by atoms with Gasteiger partial charge in [0.25, 0.3) is 5.91 Å². The molecule has 0 radical (unpaired) electrons. The Bertz CT molecular complexity index is 948. The molecule has 160 valence electrons. The molecular formula is C20H20F4N4O2. The van der Waals surface area contributed by atoms with E-state index in [1.807, 2.05) is 0 Å². The Labute approximate surface area is 170 Å². The molecule has 1 spiro atoms. The molecule has 2 aliphatic rings. The van der Waals surface area contributed by atoms with E-state index in [9.17, 15) is 27.2 Å². The van der Waals surface area contributed by atoms with Crippen molar-refractivity contribution in [1.82, 2.24) is 19.6 Å². The van der Waals surface area contributed by atoms with Gasteiger partial charge in [-0.15, -0.1) is 0 Å². The van der Waals surface area contributed by atoms with Crippen LogP contribution in [-0.2, 0) is 11.3 Å². The summed E-state index contributed by atoms with van der Waals surface area (Å²) in [5.41, 5.74) is 0.941. The lowest BCUT2D eigenvalue weighted by Crippen LogP contribution is -2.60. The summed E-state index contributed by atoms with van der Waals surface area (Å²) in [4.78, 5) is 27.3. The van der Waals surface area contributed by atoms with Gasteiger partial charge >= 0.3 is 6.18 Å². The summed E-state index contributed by atoms with van der Waals surface area (Å²) in [6, 6.07) is 6.00. The number of alkyl halides is 3. The van der Waals surface area contributed by atoms with Crippen molar-refractivity contribution < 1.29 is 27.2 Å². The molecule has 10 heteroatoms. The number of hydrogen-bond acceptors (Lipinski definition) is 3. The van der Waals surface area contributed by atoms with Crippen molar-refractivity contribution in [1.29, 1.82) is 0 Å². The zero-order chi connectivity index (χ0) is 21.5. The van der Waals surface area contributed by atoms with Crippen LogP contribution in [0.25, 0.3) is 0 Å². The summed E-state index contributed by atoms with van der Waals surface area (Å²) in [5.74, 6) is -1.44. The second kappa shape index (κ2) is 7.41. The van der Waals surface area contributed by atoms with Crippen LogP contribution in [0.15, 0.2) is 36.7 Å². The average Bonchev–Trinajstić information content (AvgIpc) is 3.28. The van der Waals surface area contributed by atoms with Crippen LogP contribution in [0, 0.1) is 11.2 Å². The summed E-state index contributed by atoms with van der Waals surface area (Å²) in [6.45, 7) is 1.78. The Morgan fingerprint density at radius 2 is 1.73 bits per heavy atom. The van der Waals surface area contributed by atoms with E-state index >= 15 is 0 Å². The zero-order valence-electron chi connectivity index (χ0n) is 16.0. The number of amides is 2. The van der Waals surface area contributed by atoms with Gasteiger partial charge < -0.3 is 9.80 Å². The van der Waals surface area contributed by atoms with Crippen LogP contribution in [0.2, 0.25) is 0 Å². The van der Waals surface area contributed by atoms with E-state index in [0.29, 0.717) is 31.6 Å². The largest absolute Gasteiger partial charge is 0.397 e. The fraction of sp³-hybridized carbons (Fsp3) is 0.450. The van der Waals surface area contributed by atoms with E-state index < -0.39 is 18.5 Å². The lowest BCUT2D eigenvalue weighted by atomic mass is 9.79. The molecule has 3 heterocycles. The number of nitrogens with zero attached hydrogens (tertiary/aromatic N) is 4. The lowest BCUT2D eigenvalue weighted by molar-refractivity contribution is -0.169.